The largest absolute Gasteiger partial charge is 0.379 e. The molecule has 0 spiro atoms. The number of nitrogens with two attached hydrogens (primary N) is 1. The number of nitrogen functional groups attached to an aromatic ring is 1. The third-order valence-corrected chi connectivity index (χ3v) is 3.79. The van der Waals surface area contributed by atoms with Crippen molar-refractivity contribution in [2.75, 3.05) is 18.6 Å². The van der Waals surface area contributed by atoms with Crippen molar-refractivity contribution in [2.45, 2.75) is 30.2 Å². The Labute approximate surface area is 92.2 Å². The Morgan fingerprint density at radius 2 is 2.21 bits per heavy atom. The van der Waals surface area contributed by atoms with Crippen LogP contribution in [0.2, 0.25) is 0 Å². The summed E-state index contributed by atoms with van der Waals surface area (Å²) in [6.07, 6.45) is 0.980. The maximum Gasteiger partial charge on any atom is 0.203 e. The Morgan fingerprint density at radius 3 is 2.71 bits per heavy atom. The molecule has 0 amide bonds. The Morgan fingerprint density at radius 1 is 1.50 bits per heavy atom. The summed E-state index contributed by atoms with van der Waals surface area (Å²) in [4.78, 5) is 0. The first kappa shape index (κ1) is 11.7. The van der Waals surface area contributed by atoms with E-state index in [0.717, 1.165) is 16.5 Å². The van der Waals surface area contributed by atoms with E-state index in [2.05, 4.69) is 24.0 Å². The minimum Gasteiger partial charge on any atom is -0.379 e. The molecule has 0 saturated heterocycles. The lowest BCUT2D eigenvalue weighted by molar-refractivity contribution is 0.0207. The Kier molecular flexibility index (Phi) is 4.15. The average molecular weight is 233 g/mol. The van der Waals surface area contributed by atoms with Gasteiger partial charge in [0, 0.05) is 12.9 Å². The van der Waals surface area contributed by atoms with Crippen LogP contribution >= 0.6 is 23.1 Å². The number of rotatable bonds is 5. The zero-order valence-electron chi connectivity index (χ0n) is 8.61. The number of hydrogen-bond acceptors (Lipinski definition) is 6. The molecule has 4 nitrogen and oxygen atoms in total. The van der Waals surface area contributed by atoms with Crippen LogP contribution in [0, 0.1) is 0 Å². The molecular formula is C8H15N3OS2. The molecule has 1 aromatic heterocycles. The average Bonchev–Trinajstić information content (AvgIpc) is 2.51. The van der Waals surface area contributed by atoms with Gasteiger partial charge in [0.15, 0.2) is 4.34 Å². The van der Waals surface area contributed by atoms with E-state index in [1.54, 1.807) is 18.9 Å². The minimum atomic E-state index is -0.0662. The highest BCUT2D eigenvalue weighted by Crippen LogP contribution is 2.26. The molecule has 80 valence electrons. The molecule has 0 aliphatic carbocycles. The molecule has 1 heterocycles. The van der Waals surface area contributed by atoms with Gasteiger partial charge in [0.1, 0.15) is 0 Å². The van der Waals surface area contributed by atoms with Crippen molar-refractivity contribution in [3.05, 3.63) is 0 Å². The number of nitrogens with zero attached hydrogens (tertiary/aromatic N) is 2. The summed E-state index contributed by atoms with van der Waals surface area (Å²) in [5.74, 6) is 0.968. The van der Waals surface area contributed by atoms with Crippen LogP contribution in [-0.4, -0.2) is 28.7 Å². The van der Waals surface area contributed by atoms with Gasteiger partial charge in [-0.2, -0.15) is 0 Å². The predicted octanol–water partition coefficient (Wildman–Crippen LogP) is 2.03. The first-order chi connectivity index (χ1) is 6.53. The van der Waals surface area contributed by atoms with Crippen LogP contribution < -0.4 is 5.73 Å². The van der Waals surface area contributed by atoms with E-state index >= 15 is 0 Å². The number of anilines is 1. The van der Waals surface area contributed by atoms with E-state index in [0.29, 0.717) is 5.13 Å². The number of thioether (sulfide) groups is 1. The van der Waals surface area contributed by atoms with Gasteiger partial charge in [-0.1, -0.05) is 23.1 Å². The van der Waals surface area contributed by atoms with Gasteiger partial charge >= 0.3 is 0 Å². The molecule has 0 unspecified atom stereocenters. The summed E-state index contributed by atoms with van der Waals surface area (Å²) in [5.41, 5.74) is 5.40. The number of ether oxygens (including phenoxy) is 1. The van der Waals surface area contributed by atoms with E-state index in [9.17, 15) is 0 Å². The van der Waals surface area contributed by atoms with Crippen LogP contribution in [0.1, 0.15) is 20.3 Å². The van der Waals surface area contributed by atoms with Gasteiger partial charge in [-0.3, -0.25) is 0 Å². The molecular weight excluding hydrogens is 218 g/mol. The SMILES string of the molecule is COC(C)(C)CCSc1nnc(N)s1. The molecule has 0 atom stereocenters. The first-order valence-corrected chi connectivity index (χ1v) is 6.10. The van der Waals surface area contributed by atoms with Gasteiger partial charge in [0.25, 0.3) is 0 Å². The number of methoxy groups -OCH3 is 1. The fraction of sp³-hybridized carbons (Fsp3) is 0.750. The lowest BCUT2D eigenvalue weighted by Gasteiger charge is -2.21. The molecule has 14 heavy (non-hydrogen) atoms. The molecule has 1 rings (SSSR count). The Hall–Kier alpha value is -0.330. The fourth-order valence-corrected chi connectivity index (χ4v) is 2.72. The topological polar surface area (TPSA) is 61.0 Å². The van der Waals surface area contributed by atoms with E-state index in [4.69, 9.17) is 10.5 Å². The van der Waals surface area contributed by atoms with Crippen LogP contribution in [0.5, 0.6) is 0 Å². The molecule has 0 aromatic carbocycles. The summed E-state index contributed by atoms with van der Waals surface area (Å²) >= 11 is 3.09. The van der Waals surface area contributed by atoms with Crippen molar-refractivity contribution < 1.29 is 4.74 Å². The van der Waals surface area contributed by atoms with E-state index in [1.165, 1.54) is 11.3 Å². The molecule has 2 N–H and O–H groups in total. The van der Waals surface area contributed by atoms with Crippen molar-refractivity contribution in [3.63, 3.8) is 0 Å². The predicted molar refractivity (Wildman–Crippen MR) is 60.8 cm³/mol. The van der Waals surface area contributed by atoms with Crippen molar-refractivity contribution in [1.82, 2.24) is 10.2 Å². The summed E-state index contributed by atoms with van der Waals surface area (Å²) in [7, 11) is 1.73. The molecule has 0 aliphatic rings. The third-order valence-electron chi connectivity index (χ3n) is 1.90. The normalized spacial score (nSPS) is 11.9. The maximum atomic E-state index is 5.47. The zero-order valence-corrected chi connectivity index (χ0v) is 10.2. The molecule has 0 fully saturated rings. The lowest BCUT2D eigenvalue weighted by atomic mass is 10.1. The third kappa shape index (κ3) is 3.81. The van der Waals surface area contributed by atoms with Crippen molar-refractivity contribution in [3.8, 4) is 0 Å². The van der Waals surface area contributed by atoms with Gasteiger partial charge in [-0.05, 0) is 20.3 Å². The van der Waals surface area contributed by atoms with Crippen molar-refractivity contribution >= 4 is 28.2 Å². The van der Waals surface area contributed by atoms with Gasteiger partial charge in [-0.25, -0.2) is 0 Å². The van der Waals surface area contributed by atoms with Gasteiger partial charge < -0.3 is 10.5 Å². The summed E-state index contributed by atoms with van der Waals surface area (Å²) < 4.78 is 6.24. The number of hydrogen-bond donors (Lipinski definition) is 1. The van der Waals surface area contributed by atoms with Crippen LogP contribution in [0.4, 0.5) is 5.13 Å². The maximum absolute atomic E-state index is 5.47. The minimum absolute atomic E-state index is 0.0662. The molecule has 1 aromatic rings. The Bertz CT molecular complexity index is 288. The van der Waals surface area contributed by atoms with Gasteiger partial charge in [-0.15, -0.1) is 10.2 Å². The molecule has 0 radical (unpaired) electrons. The second-order valence-electron chi connectivity index (χ2n) is 3.47. The smallest absolute Gasteiger partial charge is 0.203 e. The summed E-state index contributed by atoms with van der Waals surface area (Å²) in [6, 6.07) is 0. The van der Waals surface area contributed by atoms with E-state index in [1.807, 2.05) is 0 Å². The van der Waals surface area contributed by atoms with Crippen molar-refractivity contribution in [1.29, 1.82) is 0 Å². The van der Waals surface area contributed by atoms with Gasteiger partial charge in [0.05, 0.1) is 5.60 Å². The second-order valence-corrected chi connectivity index (χ2v) is 5.82. The summed E-state index contributed by atoms with van der Waals surface area (Å²) in [6.45, 7) is 4.14. The lowest BCUT2D eigenvalue weighted by Crippen LogP contribution is -2.22. The highest BCUT2D eigenvalue weighted by molar-refractivity contribution is 8.01. The molecule has 6 heteroatoms. The molecule has 0 bridgehead atoms. The zero-order chi connectivity index (χ0) is 10.6. The van der Waals surface area contributed by atoms with Gasteiger partial charge in [0.2, 0.25) is 5.13 Å². The highest BCUT2D eigenvalue weighted by Gasteiger charge is 2.16. The van der Waals surface area contributed by atoms with Crippen LogP contribution in [0.3, 0.4) is 0 Å². The fourth-order valence-electron chi connectivity index (χ4n) is 0.765. The van der Waals surface area contributed by atoms with Crippen LogP contribution in [0.15, 0.2) is 4.34 Å². The van der Waals surface area contributed by atoms with Crippen LogP contribution in [0.25, 0.3) is 0 Å². The monoisotopic (exact) mass is 233 g/mol. The highest BCUT2D eigenvalue weighted by atomic mass is 32.2. The number of aromatic nitrogens is 2. The molecule has 0 aliphatic heterocycles. The Balaban J connectivity index is 2.28. The molecule has 0 saturated carbocycles. The standard InChI is InChI=1S/C8H15N3OS2/c1-8(2,12-3)4-5-13-7-11-10-6(9)14-7/h4-5H2,1-3H3,(H2,9,10). The second kappa shape index (κ2) is 4.95. The quantitative estimate of drug-likeness (QED) is 0.788. The van der Waals surface area contributed by atoms with E-state index < -0.39 is 0 Å². The summed E-state index contributed by atoms with van der Waals surface area (Å²) in [5, 5.41) is 8.20. The van der Waals surface area contributed by atoms with Crippen molar-refractivity contribution in [2.24, 2.45) is 0 Å². The van der Waals surface area contributed by atoms with Crippen LogP contribution in [-0.2, 0) is 4.74 Å². The van der Waals surface area contributed by atoms with E-state index in [-0.39, 0.29) is 5.60 Å². The first-order valence-electron chi connectivity index (χ1n) is 4.30.